The number of likely N-dealkylation sites (tertiary alicyclic amines) is 1. The van der Waals surface area contributed by atoms with Crippen molar-refractivity contribution in [1.82, 2.24) is 10.2 Å². The summed E-state index contributed by atoms with van der Waals surface area (Å²) in [7, 11) is 0. The van der Waals surface area contributed by atoms with E-state index in [1.165, 1.54) is 31.6 Å². The molecule has 0 aliphatic carbocycles. The molecule has 2 heterocycles. The fraction of sp³-hybridized carbons (Fsp3) is 0.571. The van der Waals surface area contributed by atoms with Crippen LogP contribution < -0.4 is 5.32 Å². The number of rotatable bonds is 2. The minimum Gasteiger partial charge on any atom is -0.301 e. The number of nitrogens with zero attached hydrogens (tertiary/aromatic N) is 1. The molecular weight excluding hydrogens is 228 g/mol. The smallest absolute Gasteiger partial charge is 0.0789 e. The van der Waals surface area contributed by atoms with E-state index in [0.29, 0.717) is 4.87 Å². The number of hydrogen-bond donors (Lipinski definition) is 1. The third-order valence-electron chi connectivity index (χ3n) is 3.70. The van der Waals surface area contributed by atoms with Crippen LogP contribution >= 0.6 is 11.8 Å². The molecule has 0 radical (unpaired) electrons. The molecule has 1 spiro atoms. The monoisotopic (exact) mass is 248 g/mol. The first-order valence-electron chi connectivity index (χ1n) is 6.45. The number of thioether (sulfide) groups is 1. The maximum absolute atomic E-state index is 3.72. The highest BCUT2D eigenvalue weighted by Gasteiger charge is 2.43. The Labute approximate surface area is 108 Å². The first-order chi connectivity index (χ1) is 8.26. The molecule has 1 N–H and O–H groups in total. The van der Waals surface area contributed by atoms with Crippen LogP contribution in [0.15, 0.2) is 30.3 Å². The second-order valence-corrected chi connectivity index (χ2v) is 7.07. The third-order valence-corrected chi connectivity index (χ3v) is 5.20. The Bertz CT molecular complexity index is 381. The molecule has 2 aliphatic heterocycles. The quantitative estimate of drug-likeness (QED) is 0.864. The summed E-state index contributed by atoms with van der Waals surface area (Å²) in [5.74, 6) is 0. The summed E-state index contributed by atoms with van der Waals surface area (Å²) in [5.41, 5.74) is 1.43. The summed E-state index contributed by atoms with van der Waals surface area (Å²) in [5, 5.41) is 4.49. The predicted molar refractivity (Wildman–Crippen MR) is 74.1 cm³/mol. The Morgan fingerprint density at radius 2 is 2.24 bits per heavy atom. The fourth-order valence-electron chi connectivity index (χ4n) is 2.87. The Morgan fingerprint density at radius 3 is 2.94 bits per heavy atom. The highest BCUT2D eigenvalue weighted by molar-refractivity contribution is 8.01. The molecule has 1 aromatic carbocycles. The van der Waals surface area contributed by atoms with Crippen molar-refractivity contribution in [3.05, 3.63) is 35.9 Å². The van der Waals surface area contributed by atoms with Crippen molar-refractivity contribution in [2.45, 2.75) is 30.0 Å². The second-order valence-electron chi connectivity index (χ2n) is 5.25. The van der Waals surface area contributed by atoms with Gasteiger partial charge in [0.15, 0.2) is 0 Å². The lowest BCUT2D eigenvalue weighted by Crippen LogP contribution is -2.39. The van der Waals surface area contributed by atoms with Crippen molar-refractivity contribution in [3.8, 4) is 0 Å². The van der Waals surface area contributed by atoms with Gasteiger partial charge in [-0.15, -0.1) is 11.8 Å². The van der Waals surface area contributed by atoms with Crippen molar-refractivity contribution in [1.29, 1.82) is 0 Å². The van der Waals surface area contributed by atoms with Gasteiger partial charge in [-0.1, -0.05) is 37.3 Å². The molecule has 1 aromatic rings. The van der Waals surface area contributed by atoms with Gasteiger partial charge in [-0.05, 0) is 12.0 Å². The molecule has 0 saturated carbocycles. The molecule has 3 heteroatoms. The summed E-state index contributed by atoms with van der Waals surface area (Å²) >= 11 is 2.14. The zero-order valence-electron chi connectivity index (χ0n) is 10.4. The lowest BCUT2D eigenvalue weighted by atomic mass is 10.2. The zero-order valence-corrected chi connectivity index (χ0v) is 11.2. The van der Waals surface area contributed by atoms with Gasteiger partial charge in [0.1, 0.15) is 0 Å². The molecule has 2 atom stereocenters. The van der Waals surface area contributed by atoms with Crippen LogP contribution in [-0.2, 0) is 6.54 Å². The lowest BCUT2D eigenvalue weighted by Gasteiger charge is -2.23. The molecule has 92 valence electrons. The highest BCUT2D eigenvalue weighted by Crippen LogP contribution is 2.40. The van der Waals surface area contributed by atoms with Crippen LogP contribution in [-0.4, -0.2) is 34.7 Å². The Kier molecular flexibility index (Phi) is 3.16. The average molecular weight is 248 g/mol. The molecule has 2 unspecified atom stereocenters. The van der Waals surface area contributed by atoms with Crippen LogP contribution in [0, 0.1) is 0 Å². The number of benzene rings is 1. The number of hydrogen-bond acceptors (Lipinski definition) is 3. The minimum absolute atomic E-state index is 0.355. The summed E-state index contributed by atoms with van der Waals surface area (Å²) in [4.78, 5) is 2.93. The van der Waals surface area contributed by atoms with Gasteiger partial charge in [-0.25, -0.2) is 0 Å². The van der Waals surface area contributed by atoms with E-state index >= 15 is 0 Å². The molecule has 17 heavy (non-hydrogen) atoms. The van der Waals surface area contributed by atoms with Crippen LogP contribution in [0.2, 0.25) is 0 Å². The van der Waals surface area contributed by atoms with E-state index < -0.39 is 0 Å². The van der Waals surface area contributed by atoms with E-state index in [2.05, 4.69) is 59.2 Å². The molecule has 2 saturated heterocycles. The van der Waals surface area contributed by atoms with Gasteiger partial charge < -0.3 is 5.32 Å². The van der Waals surface area contributed by atoms with Crippen molar-refractivity contribution in [3.63, 3.8) is 0 Å². The Hall–Kier alpha value is -0.510. The minimum atomic E-state index is 0.355. The zero-order chi connectivity index (χ0) is 11.7. The molecule has 2 aliphatic rings. The van der Waals surface area contributed by atoms with Gasteiger partial charge in [0.25, 0.3) is 0 Å². The van der Waals surface area contributed by atoms with E-state index in [-0.39, 0.29) is 0 Å². The van der Waals surface area contributed by atoms with Crippen LogP contribution in [0.5, 0.6) is 0 Å². The SMILES string of the molecule is CC1CNC2(CCN(Cc3ccccc3)C2)S1. The van der Waals surface area contributed by atoms with Gasteiger partial charge in [0, 0.05) is 31.4 Å². The van der Waals surface area contributed by atoms with Gasteiger partial charge >= 0.3 is 0 Å². The Morgan fingerprint density at radius 1 is 1.41 bits per heavy atom. The van der Waals surface area contributed by atoms with E-state index in [4.69, 9.17) is 0 Å². The summed E-state index contributed by atoms with van der Waals surface area (Å²) in [6, 6.07) is 10.8. The molecule has 3 rings (SSSR count). The van der Waals surface area contributed by atoms with Gasteiger partial charge in [0.05, 0.1) is 4.87 Å². The first-order valence-corrected chi connectivity index (χ1v) is 7.33. The molecule has 0 amide bonds. The summed E-state index contributed by atoms with van der Waals surface area (Å²) < 4.78 is 0. The third kappa shape index (κ3) is 2.51. The maximum atomic E-state index is 3.72. The van der Waals surface area contributed by atoms with Crippen LogP contribution in [0.25, 0.3) is 0 Å². The van der Waals surface area contributed by atoms with Crippen molar-refractivity contribution in [2.75, 3.05) is 19.6 Å². The van der Waals surface area contributed by atoms with E-state index in [1.54, 1.807) is 0 Å². The topological polar surface area (TPSA) is 15.3 Å². The largest absolute Gasteiger partial charge is 0.301 e. The van der Waals surface area contributed by atoms with Gasteiger partial charge in [-0.2, -0.15) is 0 Å². The first kappa shape index (κ1) is 11.6. The van der Waals surface area contributed by atoms with Crippen molar-refractivity contribution < 1.29 is 0 Å². The molecule has 2 nitrogen and oxygen atoms in total. The van der Waals surface area contributed by atoms with Gasteiger partial charge in [-0.3, -0.25) is 4.90 Å². The standard InChI is InChI=1S/C14H20N2S/c1-12-9-15-14(17-12)7-8-16(11-14)10-13-5-3-2-4-6-13/h2-6,12,15H,7-11H2,1H3. The maximum Gasteiger partial charge on any atom is 0.0789 e. The van der Waals surface area contributed by atoms with Crippen molar-refractivity contribution >= 4 is 11.8 Å². The highest BCUT2D eigenvalue weighted by atomic mass is 32.2. The average Bonchev–Trinajstić information content (AvgIpc) is 2.88. The molecule has 0 bridgehead atoms. The fourth-order valence-corrected chi connectivity index (χ4v) is 4.44. The van der Waals surface area contributed by atoms with Crippen LogP contribution in [0.4, 0.5) is 0 Å². The van der Waals surface area contributed by atoms with E-state index in [1.807, 2.05) is 0 Å². The Balaban J connectivity index is 1.61. The molecule has 2 fully saturated rings. The molecule has 0 aromatic heterocycles. The summed E-state index contributed by atoms with van der Waals surface area (Å²) in [6.07, 6.45) is 1.29. The normalized spacial score (nSPS) is 33.6. The lowest BCUT2D eigenvalue weighted by molar-refractivity contribution is 0.317. The van der Waals surface area contributed by atoms with E-state index in [9.17, 15) is 0 Å². The second kappa shape index (κ2) is 4.63. The van der Waals surface area contributed by atoms with Crippen LogP contribution in [0.3, 0.4) is 0 Å². The van der Waals surface area contributed by atoms with Gasteiger partial charge in [0.2, 0.25) is 0 Å². The van der Waals surface area contributed by atoms with Crippen molar-refractivity contribution in [2.24, 2.45) is 0 Å². The predicted octanol–water partition coefficient (Wildman–Crippen LogP) is 2.31. The number of nitrogens with one attached hydrogen (secondary N) is 1. The summed E-state index contributed by atoms with van der Waals surface area (Å²) in [6.45, 7) is 7.01. The van der Waals surface area contributed by atoms with E-state index in [0.717, 1.165) is 11.8 Å². The molecular formula is C14H20N2S. The van der Waals surface area contributed by atoms with Crippen LogP contribution in [0.1, 0.15) is 18.9 Å².